The third-order valence-electron chi connectivity index (χ3n) is 2.58. The molecule has 1 aliphatic heterocycles. The minimum atomic E-state index is -1.08. The Kier molecular flexibility index (Phi) is 4.85. The number of amides is 1. The molecule has 1 N–H and O–H groups in total. The van der Waals surface area contributed by atoms with Crippen LogP contribution in [0.4, 0.5) is 0 Å². The highest BCUT2D eigenvalue weighted by Crippen LogP contribution is 2.32. The predicted octanol–water partition coefficient (Wildman–Crippen LogP) is 2.69. The number of carboxylic acid groups (broad SMARTS) is 1. The molecule has 0 aliphatic carbocycles. The Hall–Kier alpha value is -1.31. The molecule has 1 fully saturated rings. The van der Waals surface area contributed by atoms with E-state index in [1.807, 2.05) is 30.5 Å². The van der Waals surface area contributed by atoms with E-state index >= 15 is 0 Å². The quantitative estimate of drug-likeness (QED) is 0.522. The van der Waals surface area contributed by atoms with Crippen molar-refractivity contribution in [1.29, 1.82) is 0 Å². The van der Waals surface area contributed by atoms with Gasteiger partial charge in [0.15, 0.2) is 0 Å². The van der Waals surface area contributed by atoms with Gasteiger partial charge in [0, 0.05) is 4.90 Å². The van der Waals surface area contributed by atoms with Crippen molar-refractivity contribution in [3.8, 4) is 0 Å². The molecule has 0 saturated carbocycles. The molecule has 0 bridgehead atoms. The second-order valence-electron chi connectivity index (χ2n) is 3.93. The maximum absolute atomic E-state index is 12.1. The van der Waals surface area contributed by atoms with Gasteiger partial charge >= 0.3 is 5.97 Å². The van der Waals surface area contributed by atoms with E-state index in [-0.39, 0.29) is 10.2 Å². The number of rotatable bonds is 4. The molecule has 20 heavy (non-hydrogen) atoms. The van der Waals surface area contributed by atoms with Crippen molar-refractivity contribution in [1.82, 2.24) is 4.90 Å². The molecule has 1 aromatic carbocycles. The van der Waals surface area contributed by atoms with E-state index in [0.29, 0.717) is 4.91 Å². The van der Waals surface area contributed by atoms with Crippen LogP contribution in [-0.2, 0) is 9.59 Å². The molecule has 1 aliphatic rings. The standard InChI is InChI=1S/C13H11NO3S3/c1-19-9-4-2-8(3-5-9)6-10-12(17)14(7-11(15)16)13(18)20-10/h2-6H,7H2,1H3,(H,15,16). The average molecular weight is 325 g/mol. The number of nitrogens with zero attached hydrogens (tertiary/aromatic N) is 1. The van der Waals surface area contributed by atoms with Gasteiger partial charge in [-0.1, -0.05) is 36.1 Å². The van der Waals surface area contributed by atoms with Crippen molar-refractivity contribution < 1.29 is 14.7 Å². The fourth-order valence-electron chi connectivity index (χ4n) is 1.62. The number of thiocarbonyl (C=S) groups is 1. The summed E-state index contributed by atoms with van der Waals surface area (Å²) in [7, 11) is 0. The van der Waals surface area contributed by atoms with E-state index in [2.05, 4.69) is 0 Å². The van der Waals surface area contributed by atoms with Crippen LogP contribution in [0, 0.1) is 0 Å². The number of hydrogen-bond acceptors (Lipinski definition) is 5. The Morgan fingerprint density at radius 1 is 1.45 bits per heavy atom. The minimum absolute atomic E-state index is 0.282. The maximum Gasteiger partial charge on any atom is 0.323 e. The first-order valence-electron chi connectivity index (χ1n) is 5.62. The highest BCUT2D eigenvalue weighted by molar-refractivity contribution is 8.26. The Morgan fingerprint density at radius 3 is 2.65 bits per heavy atom. The number of carbonyl (C=O) groups is 2. The lowest BCUT2D eigenvalue weighted by Gasteiger charge is -2.10. The van der Waals surface area contributed by atoms with Crippen LogP contribution in [0.2, 0.25) is 0 Å². The summed E-state index contributed by atoms with van der Waals surface area (Å²) in [6.07, 6.45) is 3.72. The summed E-state index contributed by atoms with van der Waals surface area (Å²) in [5, 5.41) is 8.76. The zero-order chi connectivity index (χ0) is 14.7. The van der Waals surface area contributed by atoms with Crippen LogP contribution < -0.4 is 0 Å². The first-order chi connectivity index (χ1) is 9.51. The summed E-state index contributed by atoms with van der Waals surface area (Å²) < 4.78 is 0.282. The van der Waals surface area contributed by atoms with Crippen LogP contribution in [0.5, 0.6) is 0 Å². The summed E-state index contributed by atoms with van der Waals surface area (Å²) in [6.45, 7) is -0.395. The molecular weight excluding hydrogens is 314 g/mol. The normalized spacial score (nSPS) is 17.1. The Balaban J connectivity index is 2.20. The van der Waals surface area contributed by atoms with Gasteiger partial charge in [-0.25, -0.2) is 0 Å². The lowest BCUT2D eigenvalue weighted by molar-refractivity contribution is -0.140. The SMILES string of the molecule is CSc1ccc(C=C2SC(=S)N(CC(=O)O)C2=O)cc1. The summed E-state index contributed by atoms with van der Waals surface area (Å²) in [5.41, 5.74) is 0.888. The summed E-state index contributed by atoms with van der Waals surface area (Å²) >= 11 is 7.80. The van der Waals surface area contributed by atoms with Crippen molar-refractivity contribution >= 4 is 58.0 Å². The fourth-order valence-corrected chi connectivity index (χ4v) is 3.29. The van der Waals surface area contributed by atoms with Gasteiger partial charge in [0.05, 0.1) is 4.91 Å². The van der Waals surface area contributed by atoms with Crippen LogP contribution >= 0.6 is 35.7 Å². The first-order valence-corrected chi connectivity index (χ1v) is 8.07. The number of thioether (sulfide) groups is 2. The molecule has 0 aromatic heterocycles. The molecule has 104 valence electrons. The molecule has 1 heterocycles. The zero-order valence-corrected chi connectivity index (χ0v) is 13.0. The molecule has 2 rings (SSSR count). The van der Waals surface area contributed by atoms with Crippen molar-refractivity contribution in [2.45, 2.75) is 4.90 Å². The molecule has 0 spiro atoms. The summed E-state index contributed by atoms with van der Waals surface area (Å²) in [5.74, 6) is -1.43. The van der Waals surface area contributed by atoms with E-state index in [0.717, 1.165) is 27.1 Å². The minimum Gasteiger partial charge on any atom is -0.480 e. The Labute approximate surface area is 130 Å². The Morgan fingerprint density at radius 2 is 2.10 bits per heavy atom. The number of hydrogen-bond donors (Lipinski definition) is 1. The monoisotopic (exact) mass is 325 g/mol. The largest absolute Gasteiger partial charge is 0.480 e. The van der Waals surface area contributed by atoms with E-state index in [1.165, 1.54) is 0 Å². The highest BCUT2D eigenvalue weighted by Gasteiger charge is 2.33. The van der Waals surface area contributed by atoms with Crippen molar-refractivity contribution in [2.75, 3.05) is 12.8 Å². The molecule has 0 unspecified atom stereocenters. The number of carbonyl (C=O) groups excluding carboxylic acids is 1. The molecule has 1 amide bonds. The van der Waals surface area contributed by atoms with Crippen LogP contribution in [0.15, 0.2) is 34.1 Å². The van der Waals surface area contributed by atoms with E-state index in [1.54, 1.807) is 17.8 Å². The third-order valence-corrected chi connectivity index (χ3v) is 4.70. The van der Waals surface area contributed by atoms with E-state index in [4.69, 9.17) is 17.3 Å². The average Bonchev–Trinajstić information content (AvgIpc) is 2.67. The lowest BCUT2D eigenvalue weighted by atomic mass is 10.2. The van der Waals surface area contributed by atoms with Crippen molar-refractivity contribution in [3.63, 3.8) is 0 Å². The molecule has 1 aromatic rings. The third kappa shape index (κ3) is 3.41. The van der Waals surface area contributed by atoms with Crippen LogP contribution in [0.25, 0.3) is 6.08 Å². The summed E-state index contributed by atoms with van der Waals surface area (Å²) in [6, 6.07) is 7.76. The van der Waals surface area contributed by atoms with Crippen molar-refractivity contribution in [3.05, 3.63) is 34.7 Å². The zero-order valence-electron chi connectivity index (χ0n) is 10.5. The molecule has 0 radical (unpaired) electrons. The molecule has 7 heteroatoms. The molecule has 4 nitrogen and oxygen atoms in total. The maximum atomic E-state index is 12.1. The van der Waals surface area contributed by atoms with Crippen LogP contribution in [-0.4, -0.2) is 39.0 Å². The van der Waals surface area contributed by atoms with Gasteiger partial charge in [0.2, 0.25) is 0 Å². The van der Waals surface area contributed by atoms with Crippen molar-refractivity contribution in [2.24, 2.45) is 0 Å². The summed E-state index contributed by atoms with van der Waals surface area (Å²) in [4.78, 5) is 25.5. The fraction of sp³-hybridized carbons (Fsp3) is 0.154. The van der Waals surface area contributed by atoms with E-state index < -0.39 is 12.5 Å². The van der Waals surface area contributed by atoms with Gasteiger partial charge in [0.25, 0.3) is 5.91 Å². The van der Waals surface area contributed by atoms with Crippen LogP contribution in [0.3, 0.4) is 0 Å². The molecular formula is C13H11NO3S3. The number of benzene rings is 1. The first kappa shape index (κ1) is 15.1. The molecule has 0 atom stereocenters. The van der Waals surface area contributed by atoms with Gasteiger partial charge in [-0.05, 0) is 30.0 Å². The van der Waals surface area contributed by atoms with Gasteiger partial charge in [-0.3, -0.25) is 14.5 Å². The van der Waals surface area contributed by atoms with E-state index in [9.17, 15) is 9.59 Å². The van der Waals surface area contributed by atoms with Crippen LogP contribution in [0.1, 0.15) is 5.56 Å². The lowest BCUT2D eigenvalue weighted by Crippen LogP contribution is -2.33. The van der Waals surface area contributed by atoms with Gasteiger partial charge < -0.3 is 5.11 Å². The second kappa shape index (κ2) is 6.43. The number of aliphatic carboxylic acids is 1. The van der Waals surface area contributed by atoms with Gasteiger partial charge in [0.1, 0.15) is 10.9 Å². The van der Waals surface area contributed by atoms with Gasteiger partial charge in [-0.15, -0.1) is 11.8 Å². The number of carboxylic acids is 1. The van der Waals surface area contributed by atoms with Gasteiger partial charge in [-0.2, -0.15) is 0 Å². The second-order valence-corrected chi connectivity index (χ2v) is 6.49. The highest BCUT2D eigenvalue weighted by atomic mass is 32.2. The molecule has 1 saturated heterocycles. The predicted molar refractivity (Wildman–Crippen MR) is 85.7 cm³/mol. The smallest absolute Gasteiger partial charge is 0.323 e. The Bertz CT molecular complexity index is 595. The topological polar surface area (TPSA) is 57.6 Å².